The van der Waals surface area contributed by atoms with Crippen LogP contribution in [0.5, 0.6) is 0 Å². The third-order valence-corrected chi connectivity index (χ3v) is 6.01. The second-order valence-electron chi connectivity index (χ2n) is 9.07. The highest BCUT2D eigenvalue weighted by Crippen LogP contribution is 2.30. The molecule has 1 aliphatic carbocycles. The molecule has 0 spiro atoms. The Hall–Kier alpha value is -1.69. The lowest BCUT2D eigenvalue weighted by molar-refractivity contribution is -0.133. The van der Waals surface area contributed by atoms with Gasteiger partial charge in [0.1, 0.15) is 11.4 Å². The number of hydrogen-bond acceptors (Lipinski definition) is 4. The number of amidine groups is 1. The molecule has 2 aliphatic rings. The molecule has 1 atom stereocenters. The molecule has 2 rings (SSSR count). The van der Waals surface area contributed by atoms with E-state index in [4.69, 9.17) is 5.73 Å². The molecule has 4 N–H and O–H groups in total. The number of nitrogens with two attached hydrogens (primary N) is 1. The minimum Gasteiger partial charge on any atom is -0.478 e. The van der Waals surface area contributed by atoms with Gasteiger partial charge >= 0.3 is 5.97 Å². The molecular weight excluding hydrogens is 366 g/mol. The van der Waals surface area contributed by atoms with Crippen LogP contribution < -0.4 is 11.1 Å². The molecule has 1 fully saturated rings. The van der Waals surface area contributed by atoms with Crippen molar-refractivity contribution in [3.8, 4) is 0 Å². The van der Waals surface area contributed by atoms with Crippen LogP contribution in [0, 0.1) is 11.8 Å². The van der Waals surface area contributed by atoms with Gasteiger partial charge in [0.25, 0.3) is 5.91 Å². The standard InChI is InChI=1S/C17H28N2O3.C6H13N/c1-7-8-9-12(13(10(2)3)15(20)21)14-18-16(22)17(6,19-14)11(4)5;7-6-4-2-1-3-5-6/h10-11H,7-9H2,1-6H3,(H,20,21)(H,18,19,22);6H,1-5,7H2/b13-12-;. The average Bonchev–Trinajstić information content (AvgIpc) is 2.95. The maximum atomic E-state index is 12.3. The van der Waals surface area contributed by atoms with Gasteiger partial charge < -0.3 is 16.2 Å². The summed E-state index contributed by atoms with van der Waals surface area (Å²) in [6, 6.07) is 0.536. The molecule has 0 aromatic carbocycles. The Bertz CT molecular complexity index is 631. The van der Waals surface area contributed by atoms with Crippen LogP contribution in [-0.4, -0.2) is 34.4 Å². The Kier molecular flexibility index (Phi) is 10.0. The Balaban J connectivity index is 0.000000502. The summed E-state index contributed by atoms with van der Waals surface area (Å²) in [5.41, 5.74) is 5.82. The van der Waals surface area contributed by atoms with E-state index < -0.39 is 11.5 Å². The number of carboxylic acid groups (broad SMARTS) is 1. The maximum Gasteiger partial charge on any atom is 0.332 e. The van der Waals surface area contributed by atoms with Crippen LogP contribution in [0.25, 0.3) is 0 Å². The lowest BCUT2D eigenvalue weighted by atomic mass is 9.89. The fraction of sp³-hybridized carbons (Fsp3) is 0.783. The number of aliphatic carboxylic acids is 1. The highest BCUT2D eigenvalue weighted by atomic mass is 16.4. The van der Waals surface area contributed by atoms with Crippen LogP contribution in [-0.2, 0) is 9.59 Å². The zero-order chi connectivity index (χ0) is 22.2. The molecule has 166 valence electrons. The van der Waals surface area contributed by atoms with Crippen LogP contribution in [0.15, 0.2) is 16.1 Å². The first-order chi connectivity index (χ1) is 13.5. The predicted molar refractivity (Wildman–Crippen MR) is 119 cm³/mol. The molecule has 1 heterocycles. The molecule has 6 nitrogen and oxygen atoms in total. The summed E-state index contributed by atoms with van der Waals surface area (Å²) >= 11 is 0. The van der Waals surface area contributed by atoms with E-state index in [1.807, 2.05) is 27.7 Å². The van der Waals surface area contributed by atoms with E-state index in [0.717, 1.165) is 12.8 Å². The van der Waals surface area contributed by atoms with Crippen molar-refractivity contribution in [2.75, 3.05) is 0 Å². The van der Waals surface area contributed by atoms with Crippen LogP contribution in [0.4, 0.5) is 0 Å². The van der Waals surface area contributed by atoms with Crippen molar-refractivity contribution >= 4 is 17.7 Å². The van der Waals surface area contributed by atoms with Gasteiger partial charge in [0, 0.05) is 17.2 Å². The minimum absolute atomic E-state index is 0.0461. The molecule has 0 bridgehead atoms. The second kappa shape index (κ2) is 11.5. The molecule has 6 heteroatoms. The van der Waals surface area contributed by atoms with Gasteiger partial charge in [0.05, 0.1) is 0 Å². The van der Waals surface area contributed by atoms with Crippen molar-refractivity contribution in [3.05, 3.63) is 11.1 Å². The van der Waals surface area contributed by atoms with Gasteiger partial charge in [-0.05, 0) is 44.4 Å². The topological polar surface area (TPSA) is 105 Å². The lowest BCUT2D eigenvalue weighted by Crippen LogP contribution is -2.41. The summed E-state index contributed by atoms with van der Waals surface area (Å²) in [6.07, 6.45) is 9.10. The van der Waals surface area contributed by atoms with Gasteiger partial charge in [-0.2, -0.15) is 0 Å². The predicted octanol–water partition coefficient (Wildman–Crippen LogP) is 4.43. The van der Waals surface area contributed by atoms with Crippen molar-refractivity contribution in [2.24, 2.45) is 22.6 Å². The number of aliphatic imine (C=N–C) groups is 1. The van der Waals surface area contributed by atoms with Crippen molar-refractivity contribution in [3.63, 3.8) is 0 Å². The number of unbranched alkanes of at least 4 members (excludes halogenated alkanes) is 1. The van der Waals surface area contributed by atoms with E-state index in [-0.39, 0.29) is 17.7 Å². The highest BCUT2D eigenvalue weighted by Gasteiger charge is 2.43. The van der Waals surface area contributed by atoms with Crippen LogP contribution >= 0.6 is 0 Å². The van der Waals surface area contributed by atoms with Gasteiger partial charge in [0.2, 0.25) is 0 Å². The Morgan fingerprint density at radius 1 is 1.24 bits per heavy atom. The summed E-state index contributed by atoms with van der Waals surface area (Å²) in [4.78, 5) is 28.5. The number of nitrogens with zero attached hydrogens (tertiary/aromatic N) is 1. The molecule has 0 saturated heterocycles. The van der Waals surface area contributed by atoms with E-state index in [2.05, 4.69) is 17.2 Å². The summed E-state index contributed by atoms with van der Waals surface area (Å²) in [7, 11) is 0. The van der Waals surface area contributed by atoms with Gasteiger partial charge in [0.15, 0.2) is 0 Å². The van der Waals surface area contributed by atoms with Gasteiger partial charge in [-0.25, -0.2) is 4.79 Å². The summed E-state index contributed by atoms with van der Waals surface area (Å²) in [5.74, 6) is -0.725. The SMILES string of the molecule is CCCC/C(C1=NC(C)(C(C)C)C(=O)N1)=C(/C(=O)O)C(C)C.NC1CCCCC1. The first-order valence-corrected chi connectivity index (χ1v) is 11.2. The molecule has 1 unspecified atom stereocenters. The smallest absolute Gasteiger partial charge is 0.332 e. The normalized spacial score (nSPS) is 23.3. The lowest BCUT2D eigenvalue weighted by Gasteiger charge is -2.21. The molecule has 29 heavy (non-hydrogen) atoms. The third-order valence-electron chi connectivity index (χ3n) is 6.01. The number of carboxylic acids is 1. The summed E-state index contributed by atoms with van der Waals surface area (Å²) < 4.78 is 0. The summed E-state index contributed by atoms with van der Waals surface area (Å²) in [6.45, 7) is 11.5. The van der Waals surface area contributed by atoms with Gasteiger partial charge in [-0.15, -0.1) is 0 Å². The number of carbonyl (C=O) groups is 2. The number of hydrogen-bond donors (Lipinski definition) is 3. The zero-order valence-corrected chi connectivity index (χ0v) is 19.2. The molecule has 0 aromatic heterocycles. The van der Waals surface area contributed by atoms with Crippen molar-refractivity contribution in [1.29, 1.82) is 0 Å². The third kappa shape index (κ3) is 6.95. The van der Waals surface area contributed by atoms with Gasteiger partial charge in [-0.1, -0.05) is 60.3 Å². The first kappa shape index (κ1) is 25.3. The quantitative estimate of drug-likeness (QED) is 0.543. The molecule has 0 radical (unpaired) electrons. The first-order valence-electron chi connectivity index (χ1n) is 11.2. The van der Waals surface area contributed by atoms with Crippen molar-refractivity contribution in [2.45, 2.75) is 104 Å². The number of carbonyl (C=O) groups excluding carboxylic acids is 1. The number of nitrogens with one attached hydrogen (secondary N) is 1. The van der Waals surface area contributed by atoms with Crippen molar-refractivity contribution in [1.82, 2.24) is 5.32 Å². The van der Waals surface area contributed by atoms with E-state index in [1.165, 1.54) is 32.1 Å². The Labute approximate surface area is 176 Å². The fourth-order valence-electron chi connectivity index (χ4n) is 3.67. The molecule has 1 amide bonds. The van der Waals surface area contributed by atoms with Crippen LogP contribution in [0.3, 0.4) is 0 Å². The highest BCUT2D eigenvalue weighted by molar-refractivity contribution is 6.17. The van der Waals surface area contributed by atoms with Gasteiger partial charge in [-0.3, -0.25) is 9.79 Å². The monoisotopic (exact) mass is 407 g/mol. The molecule has 1 saturated carbocycles. The zero-order valence-electron chi connectivity index (χ0n) is 19.2. The number of rotatable bonds is 7. The Morgan fingerprint density at radius 3 is 2.17 bits per heavy atom. The fourth-order valence-corrected chi connectivity index (χ4v) is 3.67. The average molecular weight is 408 g/mol. The van der Waals surface area contributed by atoms with E-state index in [0.29, 0.717) is 29.4 Å². The Morgan fingerprint density at radius 2 is 1.83 bits per heavy atom. The van der Waals surface area contributed by atoms with E-state index in [9.17, 15) is 14.7 Å². The second-order valence-corrected chi connectivity index (χ2v) is 9.07. The minimum atomic E-state index is -0.934. The van der Waals surface area contributed by atoms with Crippen LogP contribution in [0.1, 0.15) is 92.9 Å². The molecule has 1 aliphatic heterocycles. The number of amides is 1. The maximum absolute atomic E-state index is 12.3. The molecule has 0 aromatic rings. The van der Waals surface area contributed by atoms with Crippen molar-refractivity contribution < 1.29 is 14.7 Å². The molecular formula is C23H41N3O3. The van der Waals surface area contributed by atoms with Crippen LogP contribution in [0.2, 0.25) is 0 Å². The largest absolute Gasteiger partial charge is 0.478 e. The summed E-state index contributed by atoms with van der Waals surface area (Å²) in [5, 5.41) is 12.4. The van der Waals surface area contributed by atoms with E-state index >= 15 is 0 Å². The van der Waals surface area contributed by atoms with E-state index in [1.54, 1.807) is 6.92 Å².